The van der Waals surface area contributed by atoms with Gasteiger partial charge in [-0.25, -0.2) is 4.79 Å². The van der Waals surface area contributed by atoms with E-state index in [1.165, 1.54) is 0 Å². The van der Waals surface area contributed by atoms with Crippen molar-refractivity contribution in [1.82, 2.24) is 5.32 Å². The van der Waals surface area contributed by atoms with E-state index in [4.69, 9.17) is 4.74 Å². The highest BCUT2D eigenvalue weighted by atomic mass is 16.5. The Kier molecular flexibility index (Phi) is 3.12. The zero-order valence-electron chi connectivity index (χ0n) is 10.2. The molecule has 0 aromatic heterocycles. The molecule has 2 fully saturated rings. The Morgan fingerprint density at radius 2 is 1.94 bits per heavy atom. The summed E-state index contributed by atoms with van der Waals surface area (Å²) in [5, 5.41) is 11.9. The summed E-state index contributed by atoms with van der Waals surface area (Å²) in [4.78, 5) is 23.2. The summed E-state index contributed by atoms with van der Waals surface area (Å²) < 4.78 is 5.44. The van der Waals surface area contributed by atoms with Crippen LogP contribution in [0.25, 0.3) is 0 Å². The van der Waals surface area contributed by atoms with Crippen molar-refractivity contribution in [2.75, 3.05) is 0 Å². The molecule has 0 spiro atoms. The van der Waals surface area contributed by atoms with Crippen LogP contribution >= 0.6 is 0 Å². The fraction of sp³-hybridized carbons (Fsp3) is 0.833. The van der Waals surface area contributed by atoms with E-state index in [-0.39, 0.29) is 17.9 Å². The SMILES string of the molecule is CC1CCC(C(=O)NC(C)(C(=O)O)C2CC2)O1. The maximum atomic E-state index is 11.9. The first-order chi connectivity index (χ1) is 7.93. The largest absolute Gasteiger partial charge is 0.480 e. The Labute approximate surface area is 101 Å². The maximum absolute atomic E-state index is 11.9. The van der Waals surface area contributed by atoms with Crippen LogP contribution in [0, 0.1) is 5.92 Å². The number of nitrogens with one attached hydrogen (secondary N) is 1. The first-order valence-corrected chi connectivity index (χ1v) is 6.14. The van der Waals surface area contributed by atoms with Gasteiger partial charge in [0.25, 0.3) is 0 Å². The van der Waals surface area contributed by atoms with Gasteiger partial charge in [-0.2, -0.15) is 0 Å². The van der Waals surface area contributed by atoms with Crippen LogP contribution in [0.1, 0.15) is 39.5 Å². The first-order valence-electron chi connectivity index (χ1n) is 6.14. The molecule has 1 saturated carbocycles. The number of carboxylic acid groups (broad SMARTS) is 1. The van der Waals surface area contributed by atoms with Crippen molar-refractivity contribution in [2.45, 2.75) is 57.3 Å². The van der Waals surface area contributed by atoms with Gasteiger partial charge in [0.05, 0.1) is 6.10 Å². The predicted molar refractivity (Wildman–Crippen MR) is 60.5 cm³/mol. The van der Waals surface area contributed by atoms with E-state index < -0.39 is 17.6 Å². The third kappa shape index (κ3) is 2.44. The minimum atomic E-state index is -1.13. The molecule has 2 aliphatic rings. The van der Waals surface area contributed by atoms with Gasteiger partial charge in [-0.1, -0.05) is 0 Å². The van der Waals surface area contributed by atoms with Gasteiger partial charge < -0.3 is 15.2 Å². The highest BCUT2D eigenvalue weighted by Crippen LogP contribution is 2.40. The van der Waals surface area contributed by atoms with E-state index in [9.17, 15) is 14.7 Å². The van der Waals surface area contributed by atoms with E-state index in [0.717, 1.165) is 19.3 Å². The molecule has 0 aromatic carbocycles. The number of ether oxygens (including phenoxy) is 1. The maximum Gasteiger partial charge on any atom is 0.329 e. The summed E-state index contributed by atoms with van der Waals surface area (Å²) >= 11 is 0. The van der Waals surface area contributed by atoms with Crippen molar-refractivity contribution in [1.29, 1.82) is 0 Å². The Bertz CT molecular complexity index is 339. The van der Waals surface area contributed by atoms with E-state index >= 15 is 0 Å². The van der Waals surface area contributed by atoms with Crippen molar-refractivity contribution in [3.8, 4) is 0 Å². The third-order valence-electron chi connectivity index (χ3n) is 3.75. The lowest BCUT2D eigenvalue weighted by Crippen LogP contribution is -2.56. The van der Waals surface area contributed by atoms with Crippen LogP contribution in [0.2, 0.25) is 0 Å². The summed E-state index contributed by atoms with van der Waals surface area (Å²) in [6, 6.07) is 0. The van der Waals surface area contributed by atoms with Crippen molar-refractivity contribution in [3.05, 3.63) is 0 Å². The average molecular weight is 241 g/mol. The first kappa shape index (κ1) is 12.4. The van der Waals surface area contributed by atoms with Crippen molar-refractivity contribution < 1.29 is 19.4 Å². The molecule has 2 rings (SSSR count). The lowest BCUT2D eigenvalue weighted by Gasteiger charge is -2.27. The van der Waals surface area contributed by atoms with Gasteiger partial charge in [0.1, 0.15) is 11.6 Å². The molecule has 1 amide bonds. The monoisotopic (exact) mass is 241 g/mol. The molecular formula is C12H19NO4. The molecule has 1 saturated heterocycles. The molecule has 0 radical (unpaired) electrons. The molecule has 3 unspecified atom stereocenters. The van der Waals surface area contributed by atoms with Crippen LogP contribution in [0.5, 0.6) is 0 Å². The molecule has 1 aliphatic heterocycles. The highest BCUT2D eigenvalue weighted by Gasteiger charge is 2.49. The van der Waals surface area contributed by atoms with Gasteiger partial charge in [0, 0.05) is 0 Å². The summed E-state index contributed by atoms with van der Waals surface area (Å²) in [6.07, 6.45) is 2.86. The number of rotatable bonds is 4. The number of hydrogen-bond acceptors (Lipinski definition) is 3. The Morgan fingerprint density at radius 3 is 2.35 bits per heavy atom. The van der Waals surface area contributed by atoms with E-state index in [1.807, 2.05) is 6.92 Å². The van der Waals surface area contributed by atoms with Crippen LogP contribution in [0.15, 0.2) is 0 Å². The van der Waals surface area contributed by atoms with Crippen LogP contribution in [0.3, 0.4) is 0 Å². The zero-order chi connectivity index (χ0) is 12.6. The van der Waals surface area contributed by atoms with E-state index in [0.29, 0.717) is 6.42 Å². The number of carbonyl (C=O) groups excluding carboxylic acids is 1. The normalized spacial score (nSPS) is 31.9. The molecule has 1 aliphatic carbocycles. The average Bonchev–Trinajstić information content (AvgIpc) is 3.01. The lowest BCUT2D eigenvalue weighted by atomic mass is 9.95. The quantitative estimate of drug-likeness (QED) is 0.767. The molecule has 3 atom stereocenters. The van der Waals surface area contributed by atoms with Gasteiger partial charge in [-0.3, -0.25) is 4.79 Å². The number of amides is 1. The highest BCUT2D eigenvalue weighted by molar-refractivity contribution is 5.89. The van der Waals surface area contributed by atoms with Crippen molar-refractivity contribution in [3.63, 3.8) is 0 Å². The molecule has 0 aromatic rings. The minimum absolute atomic E-state index is 0.0581. The standard InChI is InChI=1S/C12H19NO4/c1-7-3-6-9(17-7)10(14)13-12(2,11(15)16)8-4-5-8/h7-9H,3-6H2,1-2H3,(H,13,14)(H,15,16). The van der Waals surface area contributed by atoms with Gasteiger partial charge in [0.15, 0.2) is 0 Å². The predicted octanol–water partition coefficient (Wildman–Crippen LogP) is 0.923. The molecule has 17 heavy (non-hydrogen) atoms. The van der Waals surface area contributed by atoms with Gasteiger partial charge in [0.2, 0.25) is 5.91 Å². The molecule has 5 nitrogen and oxygen atoms in total. The fourth-order valence-corrected chi connectivity index (χ4v) is 2.32. The number of hydrogen-bond donors (Lipinski definition) is 2. The van der Waals surface area contributed by atoms with E-state index in [2.05, 4.69) is 5.32 Å². The van der Waals surface area contributed by atoms with Crippen LogP contribution in [-0.2, 0) is 14.3 Å². The van der Waals surface area contributed by atoms with Crippen molar-refractivity contribution >= 4 is 11.9 Å². The fourth-order valence-electron chi connectivity index (χ4n) is 2.32. The van der Waals surface area contributed by atoms with Crippen molar-refractivity contribution in [2.24, 2.45) is 5.92 Å². The zero-order valence-corrected chi connectivity index (χ0v) is 10.2. The van der Waals surface area contributed by atoms with E-state index in [1.54, 1.807) is 6.92 Å². The van der Waals surface area contributed by atoms with Crippen LogP contribution in [-0.4, -0.2) is 34.7 Å². The lowest BCUT2D eigenvalue weighted by molar-refractivity contribution is -0.150. The summed E-state index contributed by atoms with van der Waals surface area (Å²) in [6.45, 7) is 3.51. The Balaban J connectivity index is 1.98. The van der Waals surface area contributed by atoms with Crippen LogP contribution < -0.4 is 5.32 Å². The van der Waals surface area contributed by atoms with Gasteiger partial charge in [-0.15, -0.1) is 0 Å². The number of carboxylic acids is 1. The number of aliphatic carboxylic acids is 1. The Morgan fingerprint density at radius 1 is 1.29 bits per heavy atom. The molecule has 5 heteroatoms. The topological polar surface area (TPSA) is 75.6 Å². The summed E-state index contributed by atoms with van der Waals surface area (Å²) in [5.41, 5.74) is -1.13. The van der Waals surface area contributed by atoms with Crippen LogP contribution in [0.4, 0.5) is 0 Å². The summed E-state index contributed by atoms with van der Waals surface area (Å²) in [7, 11) is 0. The van der Waals surface area contributed by atoms with Gasteiger partial charge >= 0.3 is 5.97 Å². The molecular weight excluding hydrogens is 222 g/mol. The molecule has 0 bridgehead atoms. The molecule has 96 valence electrons. The smallest absolute Gasteiger partial charge is 0.329 e. The second-order valence-electron chi connectivity index (χ2n) is 5.28. The molecule has 1 heterocycles. The minimum Gasteiger partial charge on any atom is -0.480 e. The van der Waals surface area contributed by atoms with Gasteiger partial charge in [-0.05, 0) is 45.4 Å². The second-order valence-corrected chi connectivity index (χ2v) is 5.28. The number of carbonyl (C=O) groups is 2. The Hall–Kier alpha value is -1.10. The third-order valence-corrected chi connectivity index (χ3v) is 3.75. The second kappa shape index (κ2) is 4.29. The summed E-state index contributed by atoms with van der Waals surface area (Å²) in [5.74, 6) is -1.19. The molecule has 2 N–H and O–H groups in total.